The van der Waals surface area contributed by atoms with Crippen LogP contribution in [0.1, 0.15) is 23.7 Å². The molecule has 0 radical (unpaired) electrons. The van der Waals surface area contributed by atoms with E-state index in [9.17, 15) is 26.7 Å². The highest BCUT2D eigenvalue weighted by atomic mass is 32.2. The third-order valence-corrected chi connectivity index (χ3v) is 5.86. The fourth-order valence-corrected chi connectivity index (χ4v) is 3.98. The Bertz CT molecular complexity index is 1060. The Morgan fingerprint density at radius 1 is 0.929 bits per heavy atom. The first-order chi connectivity index (χ1) is 13.2. The molecule has 0 aliphatic rings. The summed E-state index contributed by atoms with van der Waals surface area (Å²) in [6, 6.07) is 16.3. The van der Waals surface area contributed by atoms with Crippen molar-refractivity contribution in [3.63, 3.8) is 0 Å². The second-order valence-corrected chi connectivity index (χ2v) is 8.06. The molecule has 0 spiro atoms. The largest absolute Gasteiger partial charge is 0.416 e. The van der Waals surface area contributed by atoms with Crippen LogP contribution in [0.15, 0.2) is 71.6 Å². The van der Waals surface area contributed by atoms with Gasteiger partial charge in [0.1, 0.15) is 0 Å². The number of fused-ring (bicyclic) bond motifs is 1. The van der Waals surface area contributed by atoms with Crippen LogP contribution in [0.25, 0.3) is 10.8 Å². The van der Waals surface area contributed by atoms with E-state index in [4.69, 9.17) is 0 Å². The van der Waals surface area contributed by atoms with Crippen LogP contribution in [-0.4, -0.2) is 20.1 Å². The fourth-order valence-electron chi connectivity index (χ4n) is 2.93. The predicted molar refractivity (Wildman–Crippen MR) is 100 cm³/mol. The number of aliphatic hydroxyl groups is 1. The van der Waals surface area contributed by atoms with E-state index in [-0.39, 0.29) is 17.9 Å². The second-order valence-electron chi connectivity index (χ2n) is 6.29. The Morgan fingerprint density at radius 2 is 1.57 bits per heavy atom. The van der Waals surface area contributed by atoms with Crippen LogP contribution in [0, 0.1) is 0 Å². The molecule has 3 rings (SSSR count). The van der Waals surface area contributed by atoms with Gasteiger partial charge in [-0.05, 0) is 47.0 Å². The fraction of sp³-hybridized carbons (Fsp3) is 0.200. The van der Waals surface area contributed by atoms with Gasteiger partial charge in [-0.2, -0.15) is 13.2 Å². The topological polar surface area (TPSA) is 66.4 Å². The number of sulfonamides is 1. The summed E-state index contributed by atoms with van der Waals surface area (Å²) in [6.45, 7) is -0.0618. The van der Waals surface area contributed by atoms with E-state index in [0.29, 0.717) is 5.56 Å². The Morgan fingerprint density at radius 3 is 2.25 bits per heavy atom. The number of nitrogens with one attached hydrogen (secondary N) is 1. The number of hydrogen-bond donors (Lipinski definition) is 2. The highest BCUT2D eigenvalue weighted by Crippen LogP contribution is 2.30. The van der Waals surface area contributed by atoms with Gasteiger partial charge in [-0.15, -0.1) is 0 Å². The number of rotatable bonds is 6. The van der Waals surface area contributed by atoms with Crippen molar-refractivity contribution in [1.29, 1.82) is 0 Å². The van der Waals surface area contributed by atoms with Crippen LogP contribution in [0.4, 0.5) is 13.2 Å². The molecule has 0 saturated carbocycles. The van der Waals surface area contributed by atoms with Gasteiger partial charge in [0.25, 0.3) is 0 Å². The normalized spacial score (nSPS) is 13.6. The van der Waals surface area contributed by atoms with E-state index >= 15 is 0 Å². The summed E-state index contributed by atoms with van der Waals surface area (Å²) in [7, 11) is -3.97. The maximum absolute atomic E-state index is 12.6. The molecule has 3 aromatic carbocycles. The lowest BCUT2D eigenvalue weighted by Gasteiger charge is -2.14. The van der Waals surface area contributed by atoms with Gasteiger partial charge in [-0.1, -0.05) is 42.5 Å². The van der Waals surface area contributed by atoms with E-state index in [1.807, 2.05) is 36.4 Å². The Hall–Kier alpha value is -2.42. The number of benzene rings is 3. The number of aliphatic hydroxyl groups excluding tert-OH is 1. The first-order valence-corrected chi connectivity index (χ1v) is 9.99. The second kappa shape index (κ2) is 7.90. The molecule has 0 bridgehead atoms. The van der Waals surface area contributed by atoms with Crippen LogP contribution in [0.3, 0.4) is 0 Å². The molecular weight excluding hydrogens is 391 g/mol. The maximum atomic E-state index is 12.6. The molecule has 0 fully saturated rings. The van der Waals surface area contributed by atoms with Crippen LogP contribution in [0.2, 0.25) is 0 Å². The number of halogens is 3. The summed E-state index contributed by atoms with van der Waals surface area (Å²) < 4.78 is 64.6. The predicted octanol–water partition coefficient (Wildman–Crippen LogP) is 4.26. The number of hydrogen-bond acceptors (Lipinski definition) is 3. The molecule has 0 saturated heterocycles. The van der Waals surface area contributed by atoms with Gasteiger partial charge in [0, 0.05) is 6.54 Å². The lowest BCUT2D eigenvalue weighted by molar-refractivity contribution is -0.137. The van der Waals surface area contributed by atoms with Crippen molar-refractivity contribution in [3.8, 4) is 0 Å². The van der Waals surface area contributed by atoms with Crippen LogP contribution < -0.4 is 4.72 Å². The van der Waals surface area contributed by atoms with Gasteiger partial charge < -0.3 is 5.11 Å². The first kappa shape index (κ1) is 20.3. The SMILES string of the molecule is O=S(=O)(NCCC(O)c1cccc2ccccc12)c1ccc(C(F)(F)F)cc1. The zero-order valence-corrected chi connectivity index (χ0v) is 15.5. The molecule has 0 amide bonds. The molecule has 1 unspecified atom stereocenters. The Labute approximate surface area is 160 Å². The molecule has 3 aromatic rings. The van der Waals surface area contributed by atoms with Crippen molar-refractivity contribution in [2.24, 2.45) is 0 Å². The Balaban J connectivity index is 1.66. The van der Waals surface area contributed by atoms with Crippen molar-refractivity contribution in [2.75, 3.05) is 6.54 Å². The zero-order chi connectivity index (χ0) is 20.4. The highest BCUT2D eigenvalue weighted by molar-refractivity contribution is 7.89. The van der Waals surface area contributed by atoms with Gasteiger partial charge in [0.05, 0.1) is 16.6 Å². The highest BCUT2D eigenvalue weighted by Gasteiger charge is 2.30. The molecule has 0 aromatic heterocycles. The molecule has 2 N–H and O–H groups in total. The van der Waals surface area contributed by atoms with Crippen molar-refractivity contribution in [1.82, 2.24) is 4.72 Å². The summed E-state index contributed by atoms with van der Waals surface area (Å²) in [5.74, 6) is 0. The van der Waals surface area contributed by atoms with Gasteiger partial charge in [-0.25, -0.2) is 13.1 Å². The minimum absolute atomic E-state index is 0.0618. The summed E-state index contributed by atoms with van der Waals surface area (Å²) in [6.07, 6.45) is -5.30. The zero-order valence-electron chi connectivity index (χ0n) is 14.6. The molecule has 4 nitrogen and oxygen atoms in total. The minimum atomic E-state index is -4.53. The third-order valence-electron chi connectivity index (χ3n) is 4.38. The summed E-state index contributed by atoms with van der Waals surface area (Å²) in [5, 5.41) is 12.3. The van der Waals surface area contributed by atoms with Gasteiger partial charge >= 0.3 is 6.18 Å². The number of alkyl halides is 3. The standard InChI is InChI=1S/C20H18F3NO3S/c21-20(22,23)15-8-10-16(11-9-15)28(26,27)24-13-12-19(25)18-7-3-5-14-4-1-2-6-17(14)18/h1-11,19,24-25H,12-13H2. The van der Waals surface area contributed by atoms with Gasteiger partial charge in [0.2, 0.25) is 10.0 Å². The minimum Gasteiger partial charge on any atom is -0.388 e. The molecular formula is C20H18F3NO3S. The van der Waals surface area contributed by atoms with E-state index in [1.165, 1.54) is 0 Å². The van der Waals surface area contributed by atoms with Crippen molar-refractivity contribution < 1.29 is 26.7 Å². The summed E-state index contributed by atoms with van der Waals surface area (Å²) in [4.78, 5) is -0.264. The molecule has 0 aliphatic heterocycles. The first-order valence-electron chi connectivity index (χ1n) is 8.51. The lowest BCUT2D eigenvalue weighted by Crippen LogP contribution is -2.26. The van der Waals surface area contributed by atoms with Crippen molar-refractivity contribution >= 4 is 20.8 Å². The van der Waals surface area contributed by atoms with Gasteiger partial charge in [-0.3, -0.25) is 0 Å². The average molecular weight is 409 g/mol. The van der Waals surface area contributed by atoms with Crippen molar-refractivity contribution in [2.45, 2.75) is 23.6 Å². The molecule has 28 heavy (non-hydrogen) atoms. The third kappa shape index (κ3) is 4.52. The summed E-state index contributed by atoms with van der Waals surface area (Å²) in [5.41, 5.74) is -0.232. The van der Waals surface area contributed by atoms with Crippen LogP contribution >= 0.6 is 0 Å². The van der Waals surface area contributed by atoms with Crippen LogP contribution in [-0.2, 0) is 16.2 Å². The lowest BCUT2D eigenvalue weighted by atomic mass is 9.99. The maximum Gasteiger partial charge on any atom is 0.416 e. The van der Waals surface area contributed by atoms with Crippen molar-refractivity contribution in [3.05, 3.63) is 77.9 Å². The molecule has 0 aliphatic carbocycles. The van der Waals surface area contributed by atoms with Crippen LogP contribution in [0.5, 0.6) is 0 Å². The van der Waals surface area contributed by atoms with E-state index in [1.54, 1.807) is 6.07 Å². The Kier molecular flexibility index (Phi) is 5.74. The summed E-state index contributed by atoms with van der Waals surface area (Å²) >= 11 is 0. The van der Waals surface area contributed by atoms with E-state index in [0.717, 1.165) is 35.0 Å². The average Bonchev–Trinajstić information content (AvgIpc) is 2.66. The quantitative estimate of drug-likeness (QED) is 0.639. The van der Waals surface area contributed by atoms with E-state index in [2.05, 4.69) is 4.72 Å². The van der Waals surface area contributed by atoms with Gasteiger partial charge in [0.15, 0.2) is 0 Å². The molecule has 1 atom stereocenters. The monoisotopic (exact) mass is 409 g/mol. The molecule has 148 valence electrons. The molecule has 8 heteroatoms. The molecule has 0 heterocycles. The smallest absolute Gasteiger partial charge is 0.388 e. The van der Waals surface area contributed by atoms with E-state index < -0.39 is 27.9 Å².